The van der Waals surface area contributed by atoms with Crippen molar-refractivity contribution < 1.29 is 29.3 Å². The summed E-state index contributed by atoms with van der Waals surface area (Å²) >= 11 is 0. The van der Waals surface area contributed by atoms with Crippen LogP contribution in [0, 0.1) is 5.92 Å². The Kier molecular flexibility index (Phi) is 9.59. The fraction of sp³-hybridized carbons (Fsp3) is 0.323. The number of aliphatic hydroxyl groups is 1. The summed E-state index contributed by atoms with van der Waals surface area (Å²) in [4.78, 5) is 41.1. The zero-order valence-electron chi connectivity index (χ0n) is 23.4. The molecular formula is C31H36N4O6. The lowest BCUT2D eigenvalue weighted by molar-refractivity contribution is 0.0341. The van der Waals surface area contributed by atoms with Crippen molar-refractivity contribution in [2.75, 3.05) is 37.4 Å². The number of fused-ring (bicyclic) bond motifs is 1. The molecule has 1 heterocycles. The van der Waals surface area contributed by atoms with Crippen LogP contribution in [0.15, 0.2) is 72.8 Å². The fourth-order valence-corrected chi connectivity index (χ4v) is 4.77. The number of para-hydroxylation sites is 1. The molecule has 0 bridgehead atoms. The molecular weight excluding hydrogens is 524 g/mol. The maximum absolute atomic E-state index is 13.7. The number of hydrogen-bond acceptors (Lipinski definition) is 6. The maximum atomic E-state index is 13.7. The lowest BCUT2D eigenvalue weighted by Crippen LogP contribution is -2.49. The van der Waals surface area contributed by atoms with E-state index in [1.165, 1.54) is 0 Å². The molecule has 3 aromatic rings. The van der Waals surface area contributed by atoms with Crippen LogP contribution in [0.1, 0.15) is 40.1 Å². The van der Waals surface area contributed by atoms with Crippen LogP contribution in [0.5, 0.6) is 5.75 Å². The van der Waals surface area contributed by atoms with Crippen molar-refractivity contribution in [3.8, 4) is 5.75 Å². The Morgan fingerprint density at radius 3 is 2.39 bits per heavy atom. The number of nitrogens with one attached hydrogen (secondary N) is 2. The van der Waals surface area contributed by atoms with E-state index >= 15 is 0 Å². The Bertz CT molecular complexity index is 1360. The first-order valence-corrected chi connectivity index (χ1v) is 13.5. The number of ether oxygens (including phenoxy) is 1. The van der Waals surface area contributed by atoms with Crippen molar-refractivity contribution >= 4 is 29.3 Å². The van der Waals surface area contributed by atoms with Crippen LogP contribution >= 0.6 is 0 Å². The number of anilines is 2. The second-order valence-corrected chi connectivity index (χ2v) is 10.5. The van der Waals surface area contributed by atoms with E-state index in [2.05, 4.69) is 15.5 Å². The van der Waals surface area contributed by atoms with E-state index in [1.54, 1.807) is 66.4 Å². The third-order valence-corrected chi connectivity index (χ3v) is 7.10. The number of carbonyl (C=O) groups excluding carboxylic acids is 2. The van der Waals surface area contributed by atoms with Gasteiger partial charge in [0.25, 0.3) is 5.91 Å². The van der Waals surface area contributed by atoms with Gasteiger partial charge < -0.3 is 30.5 Å². The number of likely N-dealkylation sites (N-methyl/N-ethyl adjacent to an activating group) is 1. The predicted molar refractivity (Wildman–Crippen MR) is 156 cm³/mol. The number of carboxylic acid groups (broad SMARTS) is 1. The van der Waals surface area contributed by atoms with E-state index in [0.717, 1.165) is 5.56 Å². The van der Waals surface area contributed by atoms with Crippen molar-refractivity contribution in [1.82, 2.24) is 9.80 Å². The van der Waals surface area contributed by atoms with Crippen LogP contribution in [-0.4, -0.2) is 76.8 Å². The number of nitrogens with zero attached hydrogens (tertiary/aromatic N) is 2. The lowest BCUT2D eigenvalue weighted by Gasteiger charge is -2.38. The van der Waals surface area contributed by atoms with E-state index in [-0.39, 0.29) is 30.1 Å². The van der Waals surface area contributed by atoms with Gasteiger partial charge in [0.2, 0.25) is 0 Å². The van der Waals surface area contributed by atoms with Crippen molar-refractivity contribution in [2.45, 2.75) is 32.5 Å². The SMILES string of the molecule is C[C@@H]1CN([C@@H](C)CO)C(=O)c2cc(NC(=O)Nc3ccccc3)ccc2O[C@H]1CN(C)Cc1ccc(C(=O)O)cc1. The summed E-state index contributed by atoms with van der Waals surface area (Å²) in [5.41, 5.74) is 2.56. The highest BCUT2D eigenvalue weighted by Crippen LogP contribution is 2.31. The number of aliphatic hydroxyl groups excluding tert-OH is 1. The first-order valence-electron chi connectivity index (χ1n) is 13.5. The van der Waals surface area contributed by atoms with Crippen molar-refractivity contribution in [3.05, 3.63) is 89.5 Å². The first-order chi connectivity index (χ1) is 19.6. The van der Waals surface area contributed by atoms with Gasteiger partial charge >= 0.3 is 12.0 Å². The van der Waals surface area contributed by atoms with E-state index in [4.69, 9.17) is 9.84 Å². The van der Waals surface area contributed by atoms with E-state index in [0.29, 0.717) is 42.3 Å². The highest BCUT2D eigenvalue weighted by molar-refractivity contribution is 6.02. The Morgan fingerprint density at radius 1 is 1.05 bits per heavy atom. The summed E-state index contributed by atoms with van der Waals surface area (Å²) in [6.07, 6.45) is -0.293. The van der Waals surface area contributed by atoms with Gasteiger partial charge in [0.1, 0.15) is 11.9 Å². The molecule has 0 aromatic heterocycles. The Hall–Kier alpha value is -4.41. The number of carbonyl (C=O) groups is 3. The molecule has 3 aromatic carbocycles. The van der Waals surface area contributed by atoms with Crippen LogP contribution in [-0.2, 0) is 6.54 Å². The van der Waals surface area contributed by atoms with Gasteiger partial charge in [-0.2, -0.15) is 0 Å². The number of aromatic carboxylic acids is 1. The summed E-state index contributed by atoms with van der Waals surface area (Å²) in [5.74, 6) is -0.917. The molecule has 0 saturated carbocycles. The monoisotopic (exact) mass is 560 g/mol. The summed E-state index contributed by atoms with van der Waals surface area (Å²) < 4.78 is 6.44. The molecule has 0 aliphatic carbocycles. The zero-order valence-corrected chi connectivity index (χ0v) is 23.4. The number of benzene rings is 3. The minimum atomic E-state index is -0.966. The van der Waals surface area contributed by atoms with Crippen LogP contribution < -0.4 is 15.4 Å². The molecule has 0 unspecified atom stereocenters. The highest BCUT2D eigenvalue weighted by atomic mass is 16.5. The molecule has 0 spiro atoms. The zero-order chi connectivity index (χ0) is 29.5. The molecule has 10 heteroatoms. The Labute approximate surface area is 239 Å². The standard InChI is InChI=1S/C31H36N4O6/c1-20-16-35(21(2)19-36)29(37)26-15-25(33-31(40)32-24-7-5-4-6-8-24)13-14-27(26)41-28(20)18-34(3)17-22-9-11-23(12-10-22)30(38)39/h4-15,20-21,28,36H,16-19H2,1-3H3,(H,38,39)(H2,32,33,40)/t20-,21+,28+/m1/s1. The van der Waals surface area contributed by atoms with Gasteiger partial charge in [-0.25, -0.2) is 9.59 Å². The summed E-state index contributed by atoms with van der Waals surface area (Å²) in [6.45, 7) is 5.11. The number of carboxylic acids is 1. The predicted octanol–water partition coefficient (Wildman–Crippen LogP) is 4.38. The minimum Gasteiger partial charge on any atom is -0.488 e. The number of hydrogen-bond donors (Lipinski definition) is 4. The quantitative estimate of drug-likeness (QED) is 0.305. The van der Waals surface area contributed by atoms with Crippen molar-refractivity contribution in [3.63, 3.8) is 0 Å². The second kappa shape index (κ2) is 13.3. The maximum Gasteiger partial charge on any atom is 0.335 e. The third kappa shape index (κ3) is 7.62. The molecule has 0 radical (unpaired) electrons. The second-order valence-electron chi connectivity index (χ2n) is 10.5. The van der Waals surface area contributed by atoms with E-state index < -0.39 is 18.0 Å². The normalized spacial score (nSPS) is 17.6. The molecule has 1 aliphatic rings. The molecule has 4 rings (SSSR count). The molecule has 41 heavy (non-hydrogen) atoms. The van der Waals surface area contributed by atoms with Gasteiger partial charge in [-0.15, -0.1) is 0 Å². The topological polar surface area (TPSA) is 131 Å². The molecule has 3 amide bonds. The lowest BCUT2D eigenvalue weighted by atomic mass is 9.99. The average molecular weight is 561 g/mol. The van der Waals surface area contributed by atoms with Crippen LogP contribution in [0.25, 0.3) is 0 Å². The highest BCUT2D eigenvalue weighted by Gasteiger charge is 2.33. The minimum absolute atomic E-state index is 0.0626. The molecule has 216 valence electrons. The van der Waals surface area contributed by atoms with Gasteiger partial charge in [0, 0.05) is 36.9 Å². The van der Waals surface area contributed by atoms with Crippen molar-refractivity contribution in [2.24, 2.45) is 5.92 Å². The van der Waals surface area contributed by atoms with E-state index in [1.807, 2.05) is 32.2 Å². The molecule has 1 aliphatic heterocycles. The van der Waals surface area contributed by atoms with Gasteiger partial charge in [-0.3, -0.25) is 9.69 Å². The van der Waals surface area contributed by atoms with Gasteiger partial charge in [-0.05, 0) is 62.0 Å². The molecule has 0 fully saturated rings. The number of rotatable bonds is 9. The molecule has 4 N–H and O–H groups in total. The first kappa shape index (κ1) is 29.6. The fourth-order valence-electron chi connectivity index (χ4n) is 4.77. The largest absolute Gasteiger partial charge is 0.488 e. The van der Waals surface area contributed by atoms with E-state index in [9.17, 15) is 19.5 Å². The molecule has 3 atom stereocenters. The van der Waals surface area contributed by atoms with Crippen molar-refractivity contribution in [1.29, 1.82) is 0 Å². The van der Waals surface area contributed by atoms with Crippen LogP contribution in [0.4, 0.5) is 16.2 Å². The average Bonchev–Trinajstić information content (AvgIpc) is 2.95. The summed E-state index contributed by atoms with van der Waals surface area (Å²) in [6, 6.07) is 19.9. The summed E-state index contributed by atoms with van der Waals surface area (Å²) in [5, 5.41) is 24.6. The van der Waals surface area contributed by atoms with Crippen LogP contribution in [0.2, 0.25) is 0 Å². The van der Waals surface area contributed by atoms with Gasteiger partial charge in [-0.1, -0.05) is 37.3 Å². The Morgan fingerprint density at radius 2 is 1.73 bits per heavy atom. The summed E-state index contributed by atoms with van der Waals surface area (Å²) in [7, 11) is 1.96. The number of amides is 3. The Balaban J connectivity index is 1.54. The molecule has 10 nitrogen and oxygen atoms in total. The third-order valence-electron chi connectivity index (χ3n) is 7.10. The molecule has 0 saturated heterocycles. The smallest absolute Gasteiger partial charge is 0.335 e. The number of urea groups is 1. The van der Waals surface area contributed by atoms with Crippen LogP contribution in [0.3, 0.4) is 0 Å². The van der Waals surface area contributed by atoms with Gasteiger partial charge in [0.05, 0.1) is 23.8 Å². The van der Waals surface area contributed by atoms with Gasteiger partial charge in [0.15, 0.2) is 0 Å².